The van der Waals surface area contributed by atoms with Crippen molar-refractivity contribution in [3.63, 3.8) is 0 Å². The minimum absolute atomic E-state index is 0.0522. The van der Waals surface area contributed by atoms with E-state index in [-0.39, 0.29) is 31.2 Å². The topological polar surface area (TPSA) is 106 Å². The molecule has 0 saturated carbocycles. The van der Waals surface area contributed by atoms with Gasteiger partial charge in [-0.15, -0.1) is 0 Å². The molecule has 0 unspecified atom stereocenters. The summed E-state index contributed by atoms with van der Waals surface area (Å²) in [5, 5.41) is 12.3. The summed E-state index contributed by atoms with van der Waals surface area (Å²) in [6.45, 7) is 5.74. The van der Waals surface area contributed by atoms with E-state index in [1.807, 2.05) is 43.9 Å². The summed E-state index contributed by atoms with van der Waals surface area (Å²) in [7, 11) is 1.31. The predicted molar refractivity (Wildman–Crippen MR) is 139 cm³/mol. The smallest absolute Gasteiger partial charge is 0.418 e. The molecule has 2 N–H and O–H groups in total. The minimum atomic E-state index is -4.65. The normalized spacial score (nSPS) is 13.5. The van der Waals surface area contributed by atoms with E-state index in [4.69, 9.17) is 5.11 Å². The van der Waals surface area contributed by atoms with Gasteiger partial charge in [0, 0.05) is 50.5 Å². The lowest BCUT2D eigenvalue weighted by Crippen LogP contribution is -2.43. The highest BCUT2D eigenvalue weighted by Crippen LogP contribution is 2.32. The van der Waals surface area contributed by atoms with Crippen LogP contribution in [0.1, 0.15) is 43.2 Å². The van der Waals surface area contributed by atoms with Gasteiger partial charge in [-0.2, -0.15) is 13.2 Å². The molecule has 0 saturated heterocycles. The van der Waals surface area contributed by atoms with E-state index < -0.39 is 35.7 Å². The van der Waals surface area contributed by atoms with Crippen LogP contribution in [0.2, 0.25) is 0 Å². The first-order valence-corrected chi connectivity index (χ1v) is 12.6. The number of hydrogen-bond acceptors (Lipinski definition) is 5. The van der Waals surface area contributed by atoms with E-state index in [1.54, 1.807) is 0 Å². The number of benzene rings is 1. The van der Waals surface area contributed by atoms with Crippen LogP contribution in [-0.2, 0) is 35.3 Å². The first-order chi connectivity index (χ1) is 18.2. The van der Waals surface area contributed by atoms with Crippen LogP contribution < -0.4 is 5.32 Å². The number of pyridine rings is 1. The number of rotatable bonds is 8. The van der Waals surface area contributed by atoms with Gasteiger partial charge < -0.3 is 25.1 Å². The van der Waals surface area contributed by atoms with E-state index in [1.165, 1.54) is 24.2 Å². The van der Waals surface area contributed by atoms with E-state index >= 15 is 0 Å². The molecule has 9 nitrogen and oxygen atoms in total. The summed E-state index contributed by atoms with van der Waals surface area (Å²) in [4.78, 5) is 45.0. The molecule has 3 rings (SSSR count). The molecule has 1 aromatic carbocycles. The van der Waals surface area contributed by atoms with Gasteiger partial charge in [0.05, 0.1) is 24.3 Å². The maximum Gasteiger partial charge on any atom is 0.418 e. The third-order valence-corrected chi connectivity index (χ3v) is 6.55. The fraction of sp³-hybridized carbons (Fsp3) is 0.481. The summed E-state index contributed by atoms with van der Waals surface area (Å²) < 4.78 is 40.6. The third-order valence-electron chi connectivity index (χ3n) is 6.55. The average molecular weight is 550 g/mol. The van der Waals surface area contributed by atoms with Crippen molar-refractivity contribution < 1.29 is 32.7 Å². The molecule has 0 atom stereocenters. The lowest BCUT2D eigenvalue weighted by Gasteiger charge is -2.34. The second kappa shape index (κ2) is 11.9. The number of alkyl halides is 3. The van der Waals surface area contributed by atoms with E-state index in [2.05, 4.69) is 10.3 Å². The zero-order chi connectivity index (χ0) is 29.0. The Hall–Kier alpha value is -3.83. The zero-order valence-electron chi connectivity index (χ0n) is 22.5. The Morgan fingerprint density at radius 2 is 1.82 bits per heavy atom. The van der Waals surface area contributed by atoms with E-state index in [0.717, 1.165) is 22.1 Å². The first kappa shape index (κ1) is 29.7. The maximum absolute atomic E-state index is 13.5. The molecule has 39 heavy (non-hydrogen) atoms. The molecular formula is C27H34F3N5O4. The van der Waals surface area contributed by atoms with Crippen LogP contribution in [0.4, 0.5) is 23.7 Å². The maximum atomic E-state index is 13.5. The van der Waals surface area contributed by atoms with Gasteiger partial charge in [-0.25, -0.2) is 4.79 Å². The molecule has 3 amide bonds. The molecule has 2 aromatic rings. The van der Waals surface area contributed by atoms with Crippen molar-refractivity contribution in [3.05, 3.63) is 58.9 Å². The predicted octanol–water partition coefficient (Wildman–Crippen LogP) is 4.08. The van der Waals surface area contributed by atoms with Gasteiger partial charge in [0.25, 0.3) is 0 Å². The highest BCUT2D eigenvalue weighted by atomic mass is 19.4. The molecule has 0 aliphatic carbocycles. The van der Waals surface area contributed by atoms with Gasteiger partial charge in [-0.3, -0.25) is 14.6 Å². The number of carbonyl (C=O) groups excluding carboxylic acids is 2. The number of anilines is 1. The van der Waals surface area contributed by atoms with Crippen LogP contribution in [0, 0.1) is 5.41 Å². The van der Waals surface area contributed by atoms with Crippen molar-refractivity contribution in [2.75, 3.05) is 38.5 Å². The molecular weight excluding hydrogens is 515 g/mol. The summed E-state index contributed by atoms with van der Waals surface area (Å²) in [5.74, 6) is -0.457. The number of fused-ring (bicyclic) bond motifs is 1. The number of nitrogens with zero attached hydrogens (tertiary/aromatic N) is 4. The molecule has 0 bridgehead atoms. The Kier molecular flexibility index (Phi) is 9.08. The summed E-state index contributed by atoms with van der Waals surface area (Å²) in [6, 6.07) is 7.64. The average Bonchev–Trinajstić information content (AvgIpc) is 2.87. The lowest BCUT2D eigenvalue weighted by atomic mass is 9.91. The standard InChI is InChI=1S/C27H34F3N5O4/c1-26(2,3)24(37)35-12-10-19-18(16-35)7-5-9-21(19)32-15-23(36)34(14-13-33(4)25(38)39)17-22-20(27(28,29)30)8-6-11-31-22/h5-9,11,32H,10,12-17H2,1-4H3,(H,38,39). The molecule has 1 aromatic heterocycles. The second-order valence-electron chi connectivity index (χ2n) is 10.5. The number of carbonyl (C=O) groups is 3. The molecule has 1 aliphatic rings. The van der Waals surface area contributed by atoms with Gasteiger partial charge in [-0.05, 0) is 35.7 Å². The number of hydrogen-bond donors (Lipinski definition) is 2. The molecule has 0 fully saturated rings. The summed E-state index contributed by atoms with van der Waals surface area (Å²) in [6.07, 6.45) is -4.06. The molecule has 12 heteroatoms. The Labute approximate surface area is 225 Å². The Morgan fingerprint density at radius 3 is 2.46 bits per heavy atom. The van der Waals surface area contributed by atoms with Crippen molar-refractivity contribution in [3.8, 4) is 0 Å². The second-order valence-corrected chi connectivity index (χ2v) is 10.5. The van der Waals surface area contributed by atoms with Crippen LogP contribution in [0.5, 0.6) is 0 Å². The number of nitrogens with one attached hydrogen (secondary N) is 1. The Morgan fingerprint density at radius 1 is 1.10 bits per heavy atom. The minimum Gasteiger partial charge on any atom is -0.465 e. The van der Waals surface area contributed by atoms with Crippen LogP contribution in [0.3, 0.4) is 0 Å². The zero-order valence-corrected chi connectivity index (χ0v) is 22.5. The number of aromatic nitrogens is 1. The van der Waals surface area contributed by atoms with E-state index in [0.29, 0.717) is 25.2 Å². The molecule has 0 spiro atoms. The van der Waals surface area contributed by atoms with Crippen LogP contribution in [0.25, 0.3) is 0 Å². The first-order valence-electron chi connectivity index (χ1n) is 12.6. The van der Waals surface area contributed by atoms with Gasteiger partial charge in [0.2, 0.25) is 11.8 Å². The lowest BCUT2D eigenvalue weighted by molar-refractivity contribution is -0.140. The van der Waals surface area contributed by atoms with Crippen molar-refractivity contribution in [2.24, 2.45) is 5.41 Å². The molecule has 212 valence electrons. The largest absolute Gasteiger partial charge is 0.465 e. The highest BCUT2D eigenvalue weighted by Gasteiger charge is 2.35. The van der Waals surface area contributed by atoms with E-state index in [9.17, 15) is 27.6 Å². The molecule has 1 aliphatic heterocycles. The van der Waals surface area contributed by atoms with Gasteiger partial charge in [-0.1, -0.05) is 32.9 Å². The van der Waals surface area contributed by atoms with Crippen molar-refractivity contribution in [1.29, 1.82) is 0 Å². The number of halogens is 3. The van der Waals surface area contributed by atoms with Gasteiger partial charge >= 0.3 is 12.3 Å². The van der Waals surface area contributed by atoms with Crippen LogP contribution >= 0.6 is 0 Å². The van der Waals surface area contributed by atoms with Crippen LogP contribution in [0.15, 0.2) is 36.5 Å². The fourth-order valence-corrected chi connectivity index (χ4v) is 4.37. The molecule has 2 heterocycles. The number of amides is 3. The summed E-state index contributed by atoms with van der Waals surface area (Å²) in [5.41, 5.74) is 0.868. The highest BCUT2D eigenvalue weighted by molar-refractivity contribution is 5.83. The number of likely N-dealkylation sites (N-methyl/N-ethyl adjacent to an activating group) is 1. The number of carboxylic acid groups (broad SMARTS) is 1. The monoisotopic (exact) mass is 549 g/mol. The van der Waals surface area contributed by atoms with Crippen molar-refractivity contribution >= 4 is 23.6 Å². The quantitative estimate of drug-likeness (QED) is 0.514. The Bertz CT molecular complexity index is 1210. The SMILES string of the molecule is CN(CCN(Cc1ncccc1C(F)(F)F)C(=O)CNc1cccc2c1CCN(C(=O)C(C)(C)C)C2)C(=O)O. The van der Waals surface area contributed by atoms with Crippen LogP contribution in [-0.4, -0.2) is 75.9 Å². The third kappa shape index (κ3) is 7.61. The van der Waals surface area contributed by atoms with Crippen molar-refractivity contribution in [2.45, 2.75) is 46.5 Å². The molecule has 0 radical (unpaired) electrons. The van der Waals surface area contributed by atoms with Gasteiger partial charge in [0.15, 0.2) is 0 Å². The van der Waals surface area contributed by atoms with Gasteiger partial charge in [0.1, 0.15) is 0 Å². The van der Waals surface area contributed by atoms with Crippen molar-refractivity contribution in [1.82, 2.24) is 19.7 Å². The fourth-order valence-electron chi connectivity index (χ4n) is 4.37. The summed E-state index contributed by atoms with van der Waals surface area (Å²) >= 11 is 0. The Balaban J connectivity index is 1.76.